The molecule has 0 aromatic rings. The van der Waals surface area contributed by atoms with Crippen LogP contribution in [0.15, 0.2) is 0 Å². The first kappa shape index (κ1) is 10.7. The maximum Gasteiger partial charge on any atom is 0.303 e. The van der Waals surface area contributed by atoms with Crippen molar-refractivity contribution in [1.82, 2.24) is 0 Å². The van der Waals surface area contributed by atoms with Crippen molar-refractivity contribution < 1.29 is 14.7 Å². The Morgan fingerprint density at radius 3 is 2.93 bits per heavy atom. The molecule has 84 valence electrons. The molecule has 2 rings (SSSR count). The van der Waals surface area contributed by atoms with Crippen molar-refractivity contribution >= 4 is 11.8 Å². The lowest BCUT2D eigenvalue weighted by molar-refractivity contribution is -0.145. The fraction of sp³-hybridized carbons (Fsp3) is 0.833. The van der Waals surface area contributed by atoms with Crippen LogP contribution in [0.3, 0.4) is 0 Å². The highest BCUT2D eigenvalue weighted by atomic mass is 16.4. The van der Waals surface area contributed by atoms with Gasteiger partial charge in [-0.15, -0.1) is 0 Å². The zero-order valence-electron chi connectivity index (χ0n) is 9.00. The first-order valence-electron chi connectivity index (χ1n) is 5.86. The third kappa shape index (κ3) is 2.06. The molecule has 0 spiro atoms. The van der Waals surface area contributed by atoms with E-state index in [1.54, 1.807) is 0 Å². The minimum Gasteiger partial charge on any atom is -0.481 e. The van der Waals surface area contributed by atoms with Gasteiger partial charge < -0.3 is 5.11 Å². The molecule has 0 bridgehead atoms. The third-order valence-corrected chi connectivity index (χ3v) is 4.22. The molecule has 0 aliphatic heterocycles. The van der Waals surface area contributed by atoms with Gasteiger partial charge in [-0.3, -0.25) is 9.59 Å². The molecule has 0 radical (unpaired) electrons. The van der Waals surface area contributed by atoms with E-state index in [4.69, 9.17) is 5.11 Å². The molecule has 2 fully saturated rings. The van der Waals surface area contributed by atoms with Gasteiger partial charge in [0.1, 0.15) is 5.78 Å². The number of aliphatic carboxylic acids is 1. The van der Waals surface area contributed by atoms with E-state index in [1.165, 1.54) is 6.42 Å². The zero-order valence-corrected chi connectivity index (χ0v) is 9.00. The van der Waals surface area contributed by atoms with Crippen LogP contribution >= 0.6 is 0 Å². The second kappa shape index (κ2) is 3.95. The van der Waals surface area contributed by atoms with Gasteiger partial charge in [-0.2, -0.15) is 0 Å². The van der Waals surface area contributed by atoms with Crippen LogP contribution in [-0.2, 0) is 9.59 Å². The summed E-state index contributed by atoms with van der Waals surface area (Å²) in [6.45, 7) is 0. The molecule has 15 heavy (non-hydrogen) atoms. The summed E-state index contributed by atoms with van der Waals surface area (Å²) >= 11 is 0. The minimum absolute atomic E-state index is 0.0437. The molecule has 0 saturated heterocycles. The molecule has 2 aliphatic rings. The van der Waals surface area contributed by atoms with E-state index >= 15 is 0 Å². The Balaban J connectivity index is 2.16. The van der Waals surface area contributed by atoms with Crippen molar-refractivity contribution in [3.8, 4) is 0 Å². The second-order valence-electron chi connectivity index (χ2n) is 5.12. The Morgan fingerprint density at radius 2 is 2.20 bits per heavy atom. The first-order valence-corrected chi connectivity index (χ1v) is 5.86. The molecule has 2 saturated carbocycles. The molecule has 0 amide bonds. The van der Waals surface area contributed by atoms with Crippen molar-refractivity contribution in [2.45, 2.75) is 51.4 Å². The third-order valence-electron chi connectivity index (χ3n) is 4.22. The summed E-state index contributed by atoms with van der Waals surface area (Å²) in [5.74, 6) is -0.0113. The molecular formula is C12H18O3. The zero-order chi connectivity index (χ0) is 10.9. The van der Waals surface area contributed by atoms with E-state index in [2.05, 4.69) is 0 Å². The van der Waals surface area contributed by atoms with E-state index in [1.807, 2.05) is 0 Å². The maximum atomic E-state index is 11.4. The highest BCUT2D eigenvalue weighted by Gasteiger charge is 2.45. The smallest absolute Gasteiger partial charge is 0.303 e. The maximum absolute atomic E-state index is 11.4. The Hall–Kier alpha value is -0.860. The Morgan fingerprint density at radius 1 is 1.40 bits per heavy atom. The summed E-state index contributed by atoms with van der Waals surface area (Å²) in [5, 5.41) is 8.98. The van der Waals surface area contributed by atoms with Gasteiger partial charge in [0.25, 0.3) is 0 Å². The average molecular weight is 210 g/mol. The fourth-order valence-corrected chi connectivity index (χ4v) is 3.41. The highest BCUT2D eigenvalue weighted by Crippen LogP contribution is 2.51. The molecule has 2 aliphatic carbocycles. The number of carbonyl (C=O) groups is 2. The summed E-state index contributed by atoms with van der Waals surface area (Å²) in [6.07, 6.45) is 6.68. The Kier molecular flexibility index (Phi) is 2.81. The molecule has 2 unspecified atom stereocenters. The molecule has 2 atom stereocenters. The van der Waals surface area contributed by atoms with Crippen molar-refractivity contribution in [1.29, 1.82) is 0 Å². The van der Waals surface area contributed by atoms with Crippen molar-refractivity contribution in [3.05, 3.63) is 0 Å². The number of ketones is 1. The standard InChI is InChI=1S/C12H18O3/c13-10-4-6-12(8-11(14)15)5-2-1-3-9(12)7-10/h9H,1-8H2,(H,14,15). The van der Waals surface area contributed by atoms with Gasteiger partial charge in [-0.25, -0.2) is 0 Å². The van der Waals surface area contributed by atoms with Gasteiger partial charge in [-0.05, 0) is 30.6 Å². The van der Waals surface area contributed by atoms with Crippen LogP contribution in [0.1, 0.15) is 51.4 Å². The first-order chi connectivity index (χ1) is 7.12. The number of rotatable bonds is 2. The molecular weight excluding hydrogens is 192 g/mol. The minimum atomic E-state index is -0.698. The molecule has 1 N–H and O–H groups in total. The number of Topliss-reactive ketones (excluding diaryl/α,β-unsaturated/α-hetero) is 1. The highest BCUT2D eigenvalue weighted by molar-refractivity contribution is 5.80. The number of fused-ring (bicyclic) bond motifs is 1. The SMILES string of the molecule is O=C(O)CC12CCCCC1CC(=O)CC2. The van der Waals surface area contributed by atoms with Gasteiger partial charge in [0, 0.05) is 12.8 Å². The number of carboxylic acid groups (broad SMARTS) is 1. The van der Waals surface area contributed by atoms with Crippen LogP contribution in [0.2, 0.25) is 0 Å². The van der Waals surface area contributed by atoms with E-state index < -0.39 is 5.97 Å². The second-order valence-corrected chi connectivity index (χ2v) is 5.12. The lowest BCUT2D eigenvalue weighted by Crippen LogP contribution is -2.40. The predicted octanol–water partition coefficient (Wildman–Crippen LogP) is 2.39. The summed E-state index contributed by atoms with van der Waals surface area (Å²) in [6, 6.07) is 0. The fourth-order valence-electron chi connectivity index (χ4n) is 3.41. The van der Waals surface area contributed by atoms with E-state index in [0.717, 1.165) is 25.7 Å². The lowest BCUT2D eigenvalue weighted by atomic mass is 9.58. The van der Waals surface area contributed by atoms with Crippen LogP contribution in [0.4, 0.5) is 0 Å². The van der Waals surface area contributed by atoms with E-state index in [9.17, 15) is 9.59 Å². The number of carboxylic acids is 1. The van der Waals surface area contributed by atoms with E-state index in [0.29, 0.717) is 24.5 Å². The molecule has 0 aromatic heterocycles. The quantitative estimate of drug-likeness (QED) is 0.761. The van der Waals surface area contributed by atoms with Gasteiger partial charge in [0.15, 0.2) is 0 Å². The van der Waals surface area contributed by atoms with Crippen LogP contribution in [0, 0.1) is 11.3 Å². The van der Waals surface area contributed by atoms with Crippen molar-refractivity contribution in [3.63, 3.8) is 0 Å². The van der Waals surface area contributed by atoms with Gasteiger partial charge in [0.05, 0.1) is 6.42 Å². The van der Waals surface area contributed by atoms with Gasteiger partial charge >= 0.3 is 5.97 Å². The molecule has 0 aromatic carbocycles. The van der Waals surface area contributed by atoms with Crippen LogP contribution in [-0.4, -0.2) is 16.9 Å². The van der Waals surface area contributed by atoms with Gasteiger partial charge in [0.2, 0.25) is 0 Å². The van der Waals surface area contributed by atoms with Crippen LogP contribution < -0.4 is 0 Å². The van der Waals surface area contributed by atoms with Crippen molar-refractivity contribution in [2.75, 3.05) is 0 Å². The largest absolute Gasteiger partial charge is 0.481 e. The summed E-state index contributed by atoms with van der Waals surface area (Å²) in [7, 11) is 0. The Bertz CT molecular complexity index is 285. The Labute approximate surface area is 89.9 Å². The summed E-state index contributed by atoms with van der Waals surface area (Å²) < 4.78 is 0. The van der Waals surface area contributed by atoms with E-state index in [-0.39, 0.29) is 11.8 Å². The summed E-state index contributed by atoms with van der Waals surface area (Å²) in [4.78, 5) is 22.3. The normalized spacial score (nSPS) is 36.0. The van der Waals surface area contributed by atoms with Crippen molar-refractivity contribution in [2.24, 2.45) is 11.3 Å². The summed E-state index contributed by atoms with van der Waals surface area (Å²) in [5.41, 5.74) is -0.0437. The van der Waals surface area contributed by atoms with Crippen LogP contribution in [0.5, 0.6) is 0 Å². The number of carbonyl (C=O) groups excluding carboxylic acids is 1. The topological polar surface area (TPSA) is 54.4 Å². The van der Waals surface area contributed by atoms with Crippen LogP contribution in [0.25, 0.3) is 0 Å². The predicted molar refractivity (Wildman–Crippen MR) is 55.5 cm³/mol. The lowest BCUT2D eigenvalue weighted by Gasteiger charge is -2.46. The number of hydrogen-bond donors (Lipinski definition) is 1. The number of hydrogen-bond acceptors (Lipinski definition) is 2. The molecule has 0 heterocycles. The monoisotopic (exact) mass is 210 g/mol. The van der Waals surface area contributed by atoms with Gasteiger partial charge in [-0.1, -0.05) is 12.8 Å². The average Bonchev–Trinajstić information content (AvgIpc) is 2.17. The molecule has 3 heteroatoms. The molecule has 3 nitrogen and oxygen atoms in total.